The lowest BCUT2D eigenvalue weighted by molar-refractivity contribution is -0.138. The van der Waals surface area contributed by atoms with Crippen LogP contribution in [-0.4, -0.2) is 28.8 Å². The molecular weight excluding hydrogens is 308 g/mol. The predicted molar refractivity (Wildman–Crippen MR) is 90.1 cm³/mol. The summed E-state index contributed by atoms with van der Waals surface area (Å²) in [6.07, 6.45) is 5.64. The molecule has 132 valence electrons. The summed E-state index contributed by atoms with van der Waals surface area (Å²) in [5, 5.41) is 17.1. The first-order chi connectivity index (χ1) is 11.5. The highest BCUT2D eigenvalue weighted by Gasteiger charge is 2.39. The first kappa shape index (κ1) is 18.3. The van der Waals surface area contributed by atoms with Crippen molar-refractivity contribution in [2.75, 3.05) is 6.61 Å². The van der Waals surface area contributed by atoms with Crippen LogP contribution in [0.25, 0.3) is 0 Å². The molecule has 3 atom stereocenters. The zero-order valence-corrected chi connectivity index (χ0v) is 14.1. The van der Waals surface area contributed by atoms with Crippen molar-refractivity contribution >= 4 is 11.9 Å². The van der Waals surface area contributed by atoms with Crippen LogP contribution in [0.1, 0.15) is 44.6 Å². The standard InChI is InChI=1S/C10H12O3.C9H14O2/c1-2-13-9-5-3-8(4-6-9)7-10(11)12;10-9(11)5-8-4-6-1-2-7(8)3-6/h3-6H,2,7H2,1H3,(H,11,12);6-8H,1-5H2,(H,10,11). The number of carbonyl (C=O) groups is 2. The molecule has 2 aliphatic carbocycles. The number of hydrogen-bond donors (Lipinski definition) is 2. The van der Waals surface area contributed by atoms with Crippen LogP contribution >= 0.6 is 0 Å². The summed E-state index contributed by atoms with van der Waals surface area (Å²) in [7, 11) is 0. The van der Waals surface area contributed by atoms with Gasteiger partial charge < -0.3 is 14.9 Å². The van der Waals surface area contributed by atoms with Gasteiger partial charge in [0.25, 0.3) is 0 Å². The zero-order chi connectivity index (χ0) is 17.5. The minimum absolute atomic E-state index is 0.0619. The van der Waals surface area contributed by atoms with E-state index in [0.29, 0.717) is 18.9 Å². The Morgan fingerprint density at radius 1 is 1.08 bits per heavy atom. The van der Waals surface area contributed by atoms with Gasteiger partial charge in [-0.1, -0.05) is 18.6 Å². The van der Waals surface area contributed by atoms with Crippen molar-refractivity contribution in [1.29, 1.82) is 0 Å². The molecule has 0 radical (unpaired) electrons. The summed E-state index contributed by atoms with van der Waals surface area (Å²) in [5.74, 6) is 1.51. The van der Waals surface area contributed by atoms with Gasteiger partial charge in [-0.25, -0.2) is 0 Å². The van der Waals surface area contributed by atoms with Gasteiger partial charge in [0, 0.05) is 6.42 Å². The molecule has 2 bridgehead atoms. The highest BCUT2D eigenvalue weighted by Crippen LogP contribution is 2.49. The molecule has 0 aromatic heterocycles. The highest BCUT2D eigenvalue weighted by molar-refractivity contribution is 5.70. The second-order valence-electron chi connectivity index (χ2n) is 6.68. The molecule has 1 aromatic rings. The maximum atomic E-state index is 10.4. The number of rotatable bonds is 6. The maximum Gasteiger partial charge on any atom is 0.307 e. The van der Waals surface area contributed by atoms with Crippen molar-refractivity contribution in [3.63, 3.8) is 0 Å². The van der Waals surface area contributed by atoms with E-state index in [1.54, 1.807) is 24.3 Å². The molecule has 2 aliphatic rings. The Morgan fingerprint density at radius 2 is 1.79 bits per heavy atom. The fraction of sp³-hybridized carbons (Fsp3) is 0.579. The Bertz CT molecular complexity index is 551. The van der Waals surface area contributed by atoms with Crippen LogP contribution in [0.2, 0.25) is 0 Å². The first-order valence-electron chi connectivity index (χ1n) is 8.63. The molecule has 0 spiro atoms. The quantitative estimate of drug-likeness (QED) is 0.830. The van der Waals surface area contributed by atoms with Gasteiger partial charge in [0.15, 0.2) is 0 Å². The summed E-state index contributed by atoms with van der Waals surface area (Å²) >= 11 is 0. The maximum absolute atomic E-state index is 10.4. The number of aliphatic carboxylic acids is 2. The molecule has 0 amide bonds. The Balaban J connectivity index is 0.000000175. The molecule has 24 heavy (non-hydrogen) atoms. The normalized spacial score (nSPS) is 24.1. The summed E-state index contributed by atoms with van der Waals surface area (Å²) in [4.78, 5) is 20.8. The van der Waals surface area contributed by atoms with E-state index in [1.807, 2.05) is 6.92 Å². The summed E-state index contributed by atoms with van der Waals surface area (Å²) in [6.45, 7) is 2.53. The van der Waals surface area contributed by atoms with E-state index in [1.165, 1.54) is 25.7 Å². The molecule has 2 N–H and O–H groups in total. The van der Waals surface area contributed by atoms with Gasteiger partial charge in [0.2, 0.25) is 0 Å². The minimum Gasteiger partial charge on any atom is -0.494 e. The third-order valence-electron chi connectivity index (χ3n) is 4.91. The molecule has 3 rings (SSSR count). The van der Waals surface area contributed by atoms with E-state index in [2.05, 4.69) is 0 Å². The van der Waals surface area contributed by atoms with Gasteiger partial charge >= 0.3 is 11.9 Å². The van der Waals surface area contributed by atoms with Gasteiger partial charge in [0.1, 0.15) is 5.75 Å². The van der Waals surface area contributed by atoms with Crippen LogP contribution in [-0.2, 0) is 16.0 Å². The number of carboxylic acids is 2. The lowest BCUT2D eigenvalue weighted by atomic mass is 9.86. The molecule has 2 fully saturated rings. The van der Waals surface area contributed by atoms with E-state index in [9.17, 15) is 9.59 Å². The molecule has 5 heteroatoms. The topological polar surface area (TPSA) is 83.8 Å². The summed E-state index contributed by atoms with van der Waals surface area (Å²) < 4.78 is 5.22. The average Bonchev–Trinajstić information content (AvgIpc) is 3.12. The number of benzene rings is 1. The second kappa shape index (κ2) is 8.71. The van der Waals surface area contributed by atoms with Crippen molar-refractivity contribution < 1.29 is 24.5 Å². The van der Waals surface area contributed by atoms with E-state index in [0.717, 1.165) is 23.1 Å². The van der Waals surface area contributed by atoms with Crippen molar-refractivity contribution in [2.45, 2.75) is 45.4 Å². The van der Waals surface area contributed by atoms with Crippen LogP contribution in [0, 0.1) is 17.8 Å². The molecule has 0 aliphatic heterocycles. The minimum atomic E-state index is -0.816. The van der Waals surface area contributed by atoms with Crippen molar-refractivity contribution in [3.8, 4) is 5.75 Å². The SMILES string of the molecule is CCOc1ccc(CC(=O)O)cc1.O=C(O)CC1CC2CCC1C2. The fourth-order valence-corrected chi connectivity index (χ4v) is 3.90. The van der Waals surface area contributed by atoms with Crippen molar-refractivity contribution in [2.24, 2.45) is 17.8 Å². The fourth-order valence-electron chi connectivity index (χ4n) is 3.90. The van der Waals surface area contributed by atoms with E-state index < -0.39 is 11.9 Å². The van der Waals surface area contributed by atoms with Gasteiger partial charge in [-0.2, -0.15) is 0 Å². The number of ether oxygens (including phenoxy) is 1. The van der Waals surface area contributed by atoms with Gasteiger partial charge in [-0.3, -0.25) is 9.59 Å². The average molecular weight is 334 g/mol. The van der Waals surface area contributed by atoms with Crippen molar-refractivity contribution in [1.82, 2.24) is 0 Å². The van der Waals surface area contributed by atoms with Gasteiger partial charge in [0.05, 0.1) is 13.0 Å². The Labute approximate surface area is 142 Å². The monoisotopic (exact) mass is 334 g/mol. The van der Waals surface area contributed by atoms with Crippen LogP contribution < -0.4 is 4.74 Å². The first-order valence-corrected chi connectivity index (χ1v) is 8.63. The summed E-state index contributed by atoms with van der Waals surface area (Å²) in [5.41, 5.74) is 0.788. The molecule has 1 aromatic carbocycles. The number of fused-ring (bicyclic) bond motifs is 2. The summed E-state index contributed by atoms with van der Waals surface area (Å²) in [6, 6.07) is 7.09. The van der Waals surface area contributed by atoms with Crippen LogP contribution in [0.4, 0.5) is 0 Å². The van der Waals surface area contributed by atoms with E-state index in [4.69, 9.17) is 14.9 Å². The lowest BCUT2D eigenvalue weighted by Crippen LogP contribution is -2.14. The Morgan fingerprint density at radius 3 is 2.25 bits per heavy atom. The smallest absolute Gasteiger partial charge is 0.307 e. The number of carboxylic acid groups (broad SMARTS) is 2. The number of hydrogen-bond acceptors (Lipinski definition) is 3. The lowest BCUT2D eigenvalue weighted by Gasteiger charge is -2.18. The molecule has 3 unspecified atom stereocenters. The van der Waals surface area contributed by atoms with E-state index in [-0.39, 0.29) is 6.42 Å². The van der Waals surface area contributed by atoms with Crippen LogP contribution in [0.3, 0.4) is 0 Å². The highest BCUT2D eigenvalue weighted by atomic mass is 16.5. The van der Waals surface area contributed by atoms with E-state index >= 15 is 0 Å². The molecule has 5 nitrogen and oxygen atoms in total. The third-order valence-corrected chi connectivity index (χ3v) is 4.91. The Hall–Kier alpha value is -2.04. The third kappa shape index (κ3) is 5.55. The van der Waals surface area contributed by atoms with Gasteiger partial charge in [-0.15, -0.1) is 0 Å². The molecule has 2 saturated carbocycles. The molecule has 0 heterocycles. The van der Waals surface area contributed by atoms with Crippen LogP contribution in [0.5, 0.6) is 5.75 Å². The Kier molecular flexibility index (Phi) is 6.64. The molecule has 0 saturated heterocycles. The van der Waals surface area contributed by atoms with Crippen LogP contribution in [0.15, 0.2) is 24.3 Å². The second-order valence-corrected chi connectivity index (χ2v) is 6.68. The van der Waals surface area contributed by atoms with Gasteiger partial charge in [-0.05, 0) is 61.6 Å². The predicted octanol–water partition coefficient (Wildman–Crippen LogP) is 3.61. The van der Waals surface area contributed by atoms with Crippen molar-refractivity contribution in [3.05, 3.63) is 29.8 Å². The largest absolute Gasteiger partial charge is 0.494 e. The molecular formula is C19H26O5. The zero-order valence-electron chi connectivity index (χ0n) is 14.1.